The van der Waals surface area contributed by atoms with Crippen molar-refractivity contribution in [1.82, 2.24) is 9.97 Å². The van der Waals surface area contributed by atoms with E-state index in [-0.39, 0.29) is 11.5 Å². The van der Waals surface area contributed by atoms with Crippen molar-refractivity contribution in [2.24, 2.45) is 0 Å². The van der Waals surface area contributed by atoms with Crippen molar-refractivity contribution in [3.63, 3.8) is 0 Å². The highest BCUT2D eigenvalue weighted by Gasteiger charge is 2.27. The Hall–Kier alpha value is -2.30. The second-order valence-electron chi connectivity index (χ2n) is 6.62. The molecule has 2 aromatic heterocycles. The topological polar surface area (TPSA) is 64.2 Å². The number of hydrogen-bond acceptors (Lipinski definition) is 4. The van der Waals surface area contributed by atoms with Gasteiger partial charge in [0.1, 0.15) is 0 Å². The third-order valence-electron chi connectivity index (χ3n) is 4.81. The Labute approximate surface area is 167 Å². The number of hydrogen-bond donors (Lipinski definition) is 1. The minimum Gasteiger partial charge on any atom is -0.359 e. The minimum atomic E-state index is -1.24. The zero-order valence-electron chi connectivity index (χ0n) is 14.8. The van der Waals surface area contributed by atoms with Crippen LogP contribution in [0.2, 0.25) is 5.02 Å². The Kier molecular flexibility index (Phi) is 4.61. The summed E-state index contributed by atoms with van der Waals surface area (Å²) in [4.78, 5) is 19.8. The van der Waals surface area contributed by atoms with Crippen LogP contribution in [0.25, 0.3) is 21.8 Å². The molecule has 1 saturated heterocycles. The maximum Gasteiger partial charge on any atom is 0.207 e. The Morgan fingerprint density at radius 1 is 1.18 bits per heavy atom. The van der Waals surface area contributed by atoms with Crippen LogP contribution in [0.15, 0.2) is 65.7 Å². The van der Waals surface area contributed by atoms with Crippen LogP contribution in [0.5, 0.6) is 0 Å². The zero-order valence-corrected chi connectivity index (χ0v) is 16.4. The van der Waals surface area contributed by atoms with Crippen LogP contribution in [0.1, 0.15) is 18.1 Å². The number of H-pyrrole nitrogens is 1. The van der Waals surface area contributed by atoms with Gasteiger partial charge in [-0.1, -0.05) is 29.8 Å². The number of nitrogens with zero attached hydrogens (tertiary/aromatic N) is 1. The molecule has 1 N–H and O–H groups in total. The van der Waals surface area contributed by atoms with Gasteiger partial charge in [-0.2, -0.15) is 0 Å². The molecule has 5 nitrogen and oxygen atoms in total. The first-order chi connectivity index (χ1) is 13.7. The molecule has 0 amide bonds. The third kappa shape index (κ3) is 3.21. The Morgan fingerprint density at radius 2 is 2.11 bits per heavy atom. The second-order valence-corrected chi connectivity index (χ2v) is 8.56. The third-order valence-corrected chi connectivity index (χ3v) is 6.57. The van der Waals surface area contributed by atoms with Crippen LogP contribution in [0.3, 0.4) is 0 Å². The molecular weight excluding hydrogens is 395 g/mol. The van der Waals surface area contributed by atoms with Crippen molar-refractivity contribution in [3.05, 3.63) is 81.7 Å². The molecule has 7 heteroatoms. The van der Waals surface area contributed by atoms with Gasteiger partial charge in [0.2, 0.25) is 8.38 Å². The average molecular weight is 411 g/mol. The molecule has 0 spiro atoms. The number of aromatic nitrogens is 2. The summed E-state index contributed by atoms with van der Waals surface area (Å²) >= 11 is 6.12. The summed E-state index contributed by atoms with van der Waals surface area (Å²) in [7, 11) is -1.24. The van der Waals surface area contributed by atoms with Crippen molar-refractivity contribution in [1.29, 1.82) is 0 Å². The summed E-state index contributed by atoms with van der Waals surface area (Å²) in [5.41, 5.74) is 2.54. The van der Waals surface area contributed by atoms with Gasteiger partial charge in [-0.05, 0) is 29.8 Å². The molecule has 140 valence electrons. The van der Waals surface area contributed by atoms with E-state index in [0.717, 1.165) is 33.7 Å². The number of fused-ring (bicyclic) bond motifs is 3. The molecule has 0 bridgehead atoms. The molecule has 0 saturated carbocycles. The number of benzene rings is 2. The maximum atomic E-state index is 12.0. The van der Waals surface area contributed by atoms with Crippen molar-refractivity contribution in [3.8, 4) is 0 Å². The summed E-state index contributed by atoms with van der Waals surface area (Å²) < 4.78 is 12.2. The first-order valence-electron chi connectivity index (χ1n) is 8.94. The van der Waals surface area contributed by atoms with E-state index in [4.69, 9.17) is 20.6 Å². The van der Waals surface area contributed by atoms with Gasteiger partial charge in [0.25, 0.3) is 0 Å². The minimum absolute atomic E-state index is 0.0192. The monoisotopic (exact) mass is 410 g/mol. The van der Waals surface area contributed by atoms with Crippen molar-refractivity contribution < 1.29 is 9.05 Å². The van der Waals surface area contributed by atoms with Crippen LogP contribution in [-0.4, -0.2) is 16.6 Å². The van der Waals surface area contributed by atoms with Crippen LogP contribution >= 0.6 is 20.0 Å². The lowest BCUT2D eigenvalue weighted by Gasteiger charge is -2.29. The predicted octanol–water partition coefficient (Wildman–Crippen LogP) is 4.85. The molecule has 28 heavy (non-hydrogen) atoms. The Bertz CT molecular complexity index is 1240. The lowest BCUT2D eigenvalue weighted by molar-refractivity contribution is 0.113. The van der Waals surface area contributed by atoms with Crippen molar-refractivity contribution in [2.75, 3.05) is 6.61 Å². The Balaban J connectivity index is 1.50. The largest absolute Gasteiger partial charge is 0.359 e. The van der Waals surface area contributed by atoms with E-state index in [1.165, 1.54) is 6.07 Å². The molecule has 2 aromatic carbocycles. The van der Waals surface area contributed by atoms with Crippen molar-refractivity contribution >= 4 is 47.1 Å². The SMILES string of the molecule is O=c1cc[nH]c2c1ccc1cc(P3OCCC(c4cccc(Cl)c4)O3)cnc12. The van der Waals surface area contributed by atoms with E-state index in [0.29, 0.717) is 17.0 Å². The number of pyridine rings is 2. The summed E-state index contributed by atoms with van der Waals surface area (Å²) in [6, 6.07) is 15.0. The van der Waals surface area contributed by atoms with Crippen LogP contribution in [-0.2, 0) is 9.05 Å². The van der Waals surface area contributed by atoms with Gasteiger partial charge in [0, 0.05) is 46.0 Å². The number of aromatic amines is 1. The van der Waals surface area contributed by atoms with Gasteiger partial charge in [-0.15, -0.1) is 0 Å². The predicted molar refractivity (Wildman–Crippen MR) is 112 cm³/mol. The molecule has 3 heterocycles. The quantitative estimate of drug-likeness (QED) is 0.379. The van der Waals surface area contributed by atoms with Crippen LogP contribution < -0.4 is 10.7 Å². The van der Waals surface area contributed by atoms with E-state index in [9.17, 15) is 4.79 Å². The van der Waals surface area contributed by atoms with Gasteiger partial charge in [-0.3, -0.25) is 9.78 Å². The second kappa shape index (κ2) is 7.26. The lowest BCUT2D eigenvalue weighted by Crippen LogP contribution is -2.17. The molecule has 0 radical (unpaired) electrons. The first-order valence-corrected chi connectivity index (χ1v) is 10.5. The fourth-order valence-electron chi connectivity index (χ4n) is 3.44. The molecule has 2 unspecified atom stereocenters. The molecule has 1 aliphatic rings. The average Bonchev–Trinajstić information content (AvgIpc) is 2.73. The van der Waals surface area contributed by atoms with E-state index in [2.05, 4.69) is 9.97 Å². The highest BCUT2D eigenvalue weighted by atomic mass is 35.5. The standard InChI is InChI=1S/C21H16ClN2O3P/c22-15-3-1-2-13(10-15)19-7-9-26-28(27-19)16-11-14-4-5-17-18(25)6-8-23-21(17)20(14)24-12-16/h1-6,8,10-12,19H,7,9H2,(H,23,25). The van der Waals surface area contributed by atoms with E-state index < -0.39 is 8.38 Å². The molecule has 4 aromatic rings. The fraction of sp³-hybridized carbons (Fsp3) is 0.143. The molecule has 0 aliphatic carbocycles. The first kappa shape index (κ1) is 17.8. The van der Waals surface area contributed by atoms with E-state index in [1.54, 1.807) is 12.4 Å². The summed E-state index contributed by atoms with van der Waals surface area (Å²) in [6.45, 7) is 0.617. The molecular formula is C21H16ClN2O3P. The van der Waals surface area contributed by atoms with Gasteiger partial charge in [0.05, 0.1) is 23.7 Å². The van der Waals surface area contributed by atoms with Gasteiger partial charge in [-0.25, -0.2) is 0 Å². The molecule has 1 aliphatic heterocycles. The highest BCUT2D eigenvalue weighted by Crippen LogP contribution is 2.48. The summed E-state index contributed by atoms with van der Waals surface area (Å²) in [5.74, 6) is 0. The van der Waals surface area contributed by atoms with Gasteiger partial charge in [0.15, 0.2) is 5.43 Å². The molecule has 2 atom stereocenters. The fourth-order valence-corrected chi connectivity index (χ4v) is 5.10. The van der Waals surface area contributed by atoms with Gasteiger partial charge >= 0.3 is 0 Å². The number of halogens is 1. The summed E-state index contributed by atoms with van der Waals surface area (Å²) in [6.07, 6.45) is 4.15. The number of rotatable bonds is 2. The van der Waals surface area contributed by atoms with Crippen LogP contribution in [0, 0.1) is 0 Å². The number of nitrogens with one attached hydrogen (secondary N) is 1. The summed E-state index contributed by atoms with van der Waals surface area (Å²) in [5, 5.41) is 3.18. The maximum absolute atomic E-state index is 12.0. The highest BCUT2D eigenvalue weighted by molar-refractivity contribution is 7.56. The Morgan fingerprint density at radius 3 is 3.00 bits per heavy atom. The van der Waals surface area contributed by atoms with E-state index in [1.807, 2.05) is 42.5 Å². The van der Waals surface area contributed by atoms with Crippen molar-refractivity contribution in [2.45, 2.75) is 12.5 Å². The smallest absolute Gasteiger partial charge is 0.207 e. The van der Waals surface area contributed by atoms with Gasteiger partial charge < -0.3 is 14.0 Å². The van der Waals surface area contributed by atoms with Crippen LogP contribution in [0.4, 0.5) is 0 Å². The zero-order chi connectivity index (χ0) is 19.1. The van der Waals surface area contributed by atoms with E-state index >= 15 is 0 Å². The normalized spacial score (nSPS) is 19.9. The lowest BCUT2D eigenvalue weighted by atomic mass is 10.1. The molecule has 1 fully saturated rings. The molecule has 5 rings (SSSR count).